The molecule has 8 heteroatoms. The van der Waals surface area contributed by atoms with Crippen LogP contribution in [0.1, 0.15) is 24.2 Å². The smallest absolute Gasteiger partial charge is 0.227 e. The minimum absolute atomic E-state index is 0.135. The number of benzene rings is 1. The van der Waals surface area contributed by atoms with E-state index in [0.29, 0.717) is 6.42 Å². The molecule has 1 aliphatic heterocycles. The zero-order valence-corrected chi connectivity index (χ0v) is 17.3. The second kappa shape index (κ2) is 8.94. The van der Waals surface area contributed by atoms with E-state index in [2.05, 4.69) is 20.3 Å². The number of hydrogen-bond acceptors (Lipinski definition) is 6. The molecule has 1 fully saturated rings. The third kappa shape index (κ3) is 4.42. The van der Waals surface area contributed by atoms with Gasteiger partial charge in [0.15, 0.2) is 5.82 Å². The predicted octanol–water partition coefficient (Wildman–Crippen LogP) is 2.62. The lowest BCUT2D eigenvalue weighted by Gasteiger charge is -2.32. The SMILES string of the molecule is COc1ccccc1CC(=O)N1CCC(Nc2cncc(-n3ccnc3C)n2)CC1. The molecule has 0 unspecified atom stereocenters. The quantitative estimate of drug-likeness (QED) is 0.677. The number of piperidine rings is 1. The standard InChI is InChI=1S/C22H26N6O2/c1-16-24-9-12-28(16)21-15-23-14-20(26-21)25-18-7-10-27(11-8-18)22(29)13-17-5-3-4-6-19(17)30-2/h3-6,9,12,14-15,18H,7-8,10-11,13H2,1-2H3,(H,25,26). The first kappa shape index (κ1) is 19.9. The molecule has 0 atom stereocenters. The molecule has 1 aliphatic rings. The third-order valence-corrected chi connectivity index (χ3v) is 5.43. The number of anilines is 1. The molecule has 0 saturated carbocycles. The highest BCUT2D eigenvalue weighted by molar-refractivity contribution is 5.79. The van der Waals surface area contributed by atoms with Gasteiger partial charge in [0.25, 0.3) is 0 Å². The molecule has 0 radical (unpaired) electrons. The lowest BCUT2D eigenvalue weighted by Crippen LogP contribution is -2.43. The number of hydrogen-bond donors (Lipinski definition) is 1. The Kier molecular flexibility index (Phi) is 5.92. The Labute approximate surface area is 175 Å². The summed E-state index contributed by atoms with van der Waals surface area (Å²) in [6.45, 7) is 3.37. The van der Waals surface area contributed by atoms with E-state index in [0.717, 1.165) is 54.7 Å². The number of aryl methyl sites for hydroxylation is 1. The van der Waals surface area contributed by atoms with Crippen LogP contribution in [0, 0.1) is 6.92 Å². The summed E-state index contributed by atoms with van der Waals surface area (Å²) in [6.07, 6.45) is 9.17. The fourth-order valence-corrected chi connectivity index (χ4v) is 3.77. The lowest BCUT2D eigenvalue weighted by atomic mass is 10.0. The van der Waals surface area contributed by atoms with Crippen LogP contribution in [0.4, 0.5) is 5.82 Å². The Bertz CT molecular complexity index is 1010. The van der Waals surface area contributed by atoms with Crippen molar-refractivity contribution in [1.82, 2.24) is 24.4 Å². The number of aromatic nitrogens is 4. The van der Waals surface area contributed by atoms with Gasteiger partial charge in [-0.3, -0.25) is 14.3 Å². The van der Waals surface area contributed by atoms with Crippen LogP contribution in [-0.4, -0.2) is 56.6 Å². The van der Waals surface area contributed by atoms with E-state index in [1.54, 1.807) is 25.7 Å². The van der Waals surface area contributed by atoms with E-state index in [-0.39, 0.29) is 11.9 Å². The van der Waals surface area contributed by atoms with Crippen LogP contribution in [0.3, 0.4) is 0 Å². The molecule has 1 saturated heterocycles. The van der Waals surface area contributed by atoms with Gasteiger partial charge in [-0.25, -0.2) is 9.97 Å². The summed E-state index contributed by atoms with van der Waals surface area (Å²) in [5.41, 5.74) is 0.923. The molecule has 8 nitrogen and oxygen atoms in total. The number of amides is 1. The van der Waals surface area contributed by atoms with Crippen molar-refractivity contribution in [2.24, 2.45) is 0 Å². The molecule has 3 heterocycles. The van der Waals surface area contributed by atoms with Crippen molar-refractivity contribution >= 4 is 11.7 Å². The maximum Gasteiger partial charge on any atom is 0.227 e. The van der Waals surface area contributed by atoms with Crippen LogP contribution >= 0.6 is 0 Å². The van der Waals surface area contributed by atoms with E-state index in [9.17, 15) is 4.79 Å². The Morgan fingerprint density at radius 1 is 1.23 bits per heavy atom. The highest BCUT2D eigenvalue weighted by Crippen LogP contribution is 2.21. The minimum Gasteiger partial charge on any atom is -0.496 e. The highest BCUT2D eigenvalue weighted by atomic mass is 16.5. The zero-order chi connectivity index (χ0) is 20.9. The highest BCUT2D eigenvalue weighted by Gasteiger charge is 2.23. The first-order valence-corrected chi connectivity index (χ1v) is 10.1. The van der Waals surface area contributed by atoms with Crippen molar-refractivity contribution < 1.29 is 9.53 Å². The van der Waals surface area contributed by atoms with Crippen LogP contribution in [0.25, 0.3) is 5.82 Å². The van der Waals surface area contributed by atoms with Gasteiger partial charge in [-0.05, 0) is 25.8 Å². The summed E-state index contributed by atoms with van der Waals surface area (Å²) in [5.74, 6) is 3.23. The fraction of sp³-hybridized carbons (Fsp3) is 0.364. The van der Waals surface area contributed by atoms with E-state index in [4.69, 9.17) is 4.74 Å². The van der Waals surface area contributed by atoms with Crippen LogP contribution < -0.4 is 10.1 Å². The molecule has 2 aromatic heterocycles. The second-order valence-electron chi connectivity index (χ2n) is 7.39. The molecule has 0 aliphatic carbocycles. The maximum absolute atomic E-state index is 12.7. The van der Waals surface area contributed by atoms with Crippen molar-refractivity contribution in [1.29, 1.82) is 0 Å². The molecular weight excluding hydrogens is 380 g/mol. The number of ether oxygens (including phenoxy) is 1. The first-order valence-electron chi connectivity index (χ1n) is 10.1. The normalized spacial score (nSPS) is 14.5. The maximum atomic E-state index is 12.7. The average molecular weight is 406 g/mol. The van der Waals surface area contributed by atoms with Gasteiger partial charge in [0.05, 0.1) is 25.9 Å². The number of carbonyl (C=O) groups is 1. The van der Waals surface area contributed by atoms with Crippen LogP contribution in [0.2, 0.25) is 0 Å². The van der Waals surface area contributed by atoms with Gasteiger partial charge in [-0.2, -0.15) is 0 Å². The summed E-state index contributed by atoms with van der Waals surface area (Å²) in [5, 5.41) is 3.46. The molecule has 1 N–H and O–H groups in total. The molecule has 0 spiro atoms. The number of nitrogens with zero attached hydrogens (tertiary/aromatic N) is 5. The molecule has 0 bridgehead atoms. The number of imidazole rings is 1. The summed E-state index contributed by atoms with van der Waals surface area (Å²) in [6, 6.07) is 7.93. The van der Waals surface area contributed by atoms with Gasteiger partial charge >= 0.3 is 0 Å². The zero-order valence-electron chi connectivity index (χ0n) is 17.3. The van der Waals surface area contributed by atoms with Gasteiger partial charge in [0, 0.05) is 37.1 Å². The molecule has 156 valence electrons. The summed E-state index contributed by atoms with van der Waals surface area (Å²) < 4.78 is 7.26. The van der Waals surface area contributed by atoms with E-state index < -0.39 is 0 Å². The van der Waals surface area contributed by atoms with Gasteiger partial charge in [0.2, 0.25) is 5.91 Å². The topological polar surface area (TPSA) is 85.2 Å². The molecular formula is C22H26N6O2. The number of carbonyl (C=O) groups excluding carboxylic acids is 1. The first-order chi connectivity index (χ1) is 14.6. The number of para-hydroxylation sites is 1. The Hall–Kier alpha value is -3.42. The molecule has 30 heavy (non-hydrogen) atoms. The molecule has 4 rings (SSSR count). The van der Waals surface area contributed by atoms with Crippen LogP contribution in [-0.2, 0) is 11.2 Å². The second-order valence-corrected chi connectivity index (χ2v) is 7.39. The van der Waals surface area contributed by atoms with Crippen molar-refractivity contribution in [3.05, 3.63) is 60.4 Å². The Morgan fingerprint density at radius 2 is 2.03 bits per heavy atom. The number of methoxy groups -OCH3 is 1. The third-order valence-electron chi connectivity index (χ3n) is 5.43. The predicted molar refractivity (Wildman–Crippen MR) is 114 cm³/mol. The van der Waals surface area contributed by atoms with Crippen LogP contribution in [0.5, 0.6) is 5.75 Å². The van der Waals surface area contributed by atoms with Gasteiger partial charge in [-0.1, -0.05) is 18.2 Å². The van der Waals surface area contributed by atoms with Crippen molar-refractivity contribution in [2.45, 2.75) is 32.2 Å². The number of rotatable bonds is 6. The van der Waals surface area contributed by atoms with Gasteiger partial charge in [0.1, 0.15) is 17.4 Å². The van der Waals surface area contributed by atoms with Crippen molar-refractivity contribution in [3.8, 4) is 11.6 Å². The van der Waals surface area contributed by atoms with E-state index >= 15 is 0 Å². The Balaban J connectivity index is 1.33. The molecule has 3 aromatic rings. The number of likely N-dealkylation sites (tertiary alicyclic amines) is 1. The van der Waals surface area contributed by atoms with Gasteiger partial charge in [-0.15, -0.1) is 0 Å². The van der Waals surface area contributed by atoms with Crippen LogP contribution in [0.15, 0.2) is 49.1 Å². The summed E-state index contributed by atoms with van der Waals surface area (Å²) in [4.78, 5) is 27.9. The minimum atomic E-state index is 0.135. The van der Waals surface area contributed by atoms with Crippen molar-refractivity contribution in [3.63, 3.8) is 0 Å². The molecule has 1 aromatic carbocycles. The van der Waals surface area contributed by atoms with Crippen molar-refractivity contribution in [2.75, 3.05) is 25.5 Å². The fourth-order valence-electron chi connectivity index (χ4n) is 3.77. The average Bonchev–Trinajstić information content (AvgIpc) is 3.21. The lowest BCUT2D eigenvalue weighted by molar-refractivity contribution is -0.131. The van der Waals surface area contributed by atoms with E-state index in [1.807, 2.05) is 46.9 Å². The molecule has 1 amide bonds. The Morgan fingerprint density at radius 3 is 2.77 bits per heavy atom. The monoisotopic (exact) mass is 406 g/mol. The largest absolute Gasteiger partial charge is 0.496 e. The van der Waals surface area contributed by atoms with Gasteiger partial charge < -0.3 is 15.0 Å². The summed E-state index contributed by atoms with van der Waals surface area (Å²) in [7, 11) is 1.63. The van der Waals surface area contributed by atoms with E-state index in [1.165, 1.54) is 0 Å². The number of nitrogens with one attached hydrogen (secondary N) is 1. The summed E-state index contributed by atoms with van der Waals surface area (Å²) >= 11 is 0.